The summed E-state index contributed by atoms with van der Waals surface area (Å²) in [5, 5.41) is 8.72. The van der Waals surface area contributed by atoms with Crippen LogP contribution in [-0.4, -0.2) is 16.0 Å². The minimum absolute atomic E-state index is 0.00505. The second-order valence-corrected chi connectivity index (χ2v) is 6.81. The van der Waals surface area contributed by atoms with E-state index in [0.717, 1.165) is 17.2 Å². The van der Waals surface area contributed by atoms with Crippen LogP contribution in [0.4, 0.5) is 5.82 Å². The summed E-state index contributed by atoms with van der Waals surface area (Å²) in [6.07, 6.45) is 2.60. The number of hydrogen-bond donors (Lipinski definition) is 3. The van der Waals surface area contributed by atoms with Crippen molar-refractivity contribution in [1.82, 2.24) is 10.2 Å². The minimum atomic E-state index is -0.505. The second kappa shape index (κ2) is 5.39. The maximum Gasteiger partial charge on any atom is 0.270 e. The van der Waals surface area contributed by atoms with Gasteiger partial charge in [0.1, 0.15) is 23.1 Å². The third kappa shape index (κ3) is 2.13. The first kappa shape index (κ1) is 15.1. The number of rotatable bonds is 2. The van der Waals surface area contributed by atoms with Crippen LogP contribution in [-0.2, 0) is 4.79 Å². The van der Waals surface area contributed by atoms with Crippen LogP contribution in [0.2, 0.25) is 0 Å². The summed E-state index contributed by atoms with van der Waals surface area (Å²) in [6, 6.07) is 7.40. The Kier molecular flexibility index (Phi) is 3.12. The molecule has 5 rings (SSSR count). The number of H-pyrrole nitrogens is 2. The van der Waals surface area contributed by atoms with E-state index in [1.54, 1.807) is 6.26 Å². The predicted octanol–water partition coefficient (Wildman–Crippen LogP) is 3.16. The highest BCUT2D eigenvalue weighted by molar-refractivity contribution is 6.01. The standard InChI is InChI=1S/C19H17N3O4/c1-9-4-5-14(26-9)16-15-11(20-18-17(16)19(24)22-21-18)7-10(8-12(15)23)13-3-2-6-25-13/h2-6,10,16H,7-8H2,1H3,(H3,20,21,22,24)/t10-,16+/m1/s1. The van der Waals surface area contributed by atoms with Crippen LogP contribution in [0.3, 0.4) is 0 Å². The molecular formula is C19H17N3O4. The molecule has 4 heterocycles. The molecule has 3 N–H and O–H groups in total. The van der Waals surface area contributed by atoms with Crippen LogP contribution in [0.5, 0.6) is 0 Å². The van der Waals surface area contributed by atoms with Crippen molar-refractivity contribution in [3.63, 3.8) is 0 Å². The Hall–Kier alpha value is -3.22. The largest absolute Gasteiger partial charge is 0.469 e. The van der Waals surface area contributed by atoms with E-state index in [-0.39, 0.29) is 17.3 Å². The summed E-state index contributed by atoms with van der Waals surface area (Å²) in [4.78, 5) is 25.4. The Morgan fingerprint density at radius 1 is 1.08 bits per heavy atom. The SMILES string of the molecule is Cc1ccc([C@H]2C3=C(C[C@@H](c4ccco4)CC3=O)Nc3[nH][nH]c(=O)c32)o1. The lowest BCUT2D eigenvalue weighted by Gasteiger charge is -2.32. The Morgan fingerprint density at radius 2 is 1.96 bits per heavy atom. The van der Waals surface area contributed by atoms with Gasteiger partial charge in [0.05, 0.1) is 17.7 Å². The first-order valence-corrected chi connectivity index (χ1v) is 8.55. The lowest BCUT2D eigenvalue weighted by Crippen LogP contribution is -2.31. The Labute approximate surface area is 148 Å². The van der Waals surface area contributed by atoms with Gasteiger partial charge in [0.2, 0.25) is 0 Å². The van der Waals surface area contributed by atoms with E-state index in [1.165, 1.54) is 0 Å². The summed E-state index contributed by atoms with van der Waals surface area (Å²) in [6.45, 7) is 1.85. The van der Waals surface area contributed by atoms with Gasteiger partial charge in [-0.1, -0.05) is 0 Å². The van der Waals surface area contributed by atoms with Gasteiger partial charge in [-0.2, -0.15) is 0 Å². The Bertz CT molecular complexity index is 1080. The molecule has 0 spiro atoms. The molecule has 132 valence electrons. The molecule has 0 amide bonds. The molecular weight excluding hydrogens is 334 g/mol. The predicted molar refractivity (Wildman–Crippen MR) is 93.0 cm³/mol. The average molecular weight is 351 g/mol. The fraction of sp³-hybridized carbons (Fsp3) is 0.263. The number of furan rings is 2. The number of aromatic amines is 2. The van der Waals surface area contributed by atoms with Crippen molar-refractivity contribution >= 4 is 11.6 Å². The van der Waals surface area contributed by atoms with Crippen LogP contribution in [0.15, 0.2) is 55.4 Å². The van der Waals surface area contributed by atoms with Gasteiger partial charge in [0.25, 0.3) is 5.56 Å². The van der Waals surface area contributed by atoms with Gasteiger partial charge >= 0.3 is 0 Å². The molecule has 0 saturated carbocycles. The van der Waals surface area contributed by atoms with Crippen molar-refractivity contribution in [2.45, 2.75) is 31.6 Å². The number of Topliss-reactive ketones (excluding diaryl/α,β-unsaturated/α-hetero) is 1. The minimum Gasteiger partial charge on any atom is -0.469 e. The fourth-order valence-electron chi connectivity index (χ4n) is 4.04. The van der Waals surface area contributed by atoms with E-state index in [1.807, 2.05) is 31.2 Å². The molecule has 0 aromatic carbocycles. The lowest BCUT2D eigenvalue weighted by atomic mass is 9.75. The number of anilines is 1. The van der Waals surface area contributed by atoms with Crippen molar-refractivity contribution in [3.05, 3.63) is 75.0 Å². The van der Waals surface area contributed by atoms with E-state index < -0.39 is 5.92 Å². The number of carbonyl (C=O) groups is 1. The summed E-state index contributed by atoms with van der Waals surface area (Å²) in [5.74, 6) is 2.21. The lowest BCUT2D eigenvalue weighted by molar-refractivity contribution is -0.116. The zero-order valence-electron chi connectivity index (χ0n) is 14.1. The third-order valence-corrected chi connectivity index (χ3v) is 5.17. The number of aromatic nitrogens is 2. The topological polar surface area (TPSA) is 104 Å². The first-order chi connectivity index (χ1) is 12.6. The van der Waals surface area contributed by atoms with E-state index >= 15 is 0 Å². The highest BCUT2D eigenvalue weighted by Gasteiger charge is 2.42. The number of hydrogen-bond acceptors (Lipinski definition) is 5. The first-order valence-electron chi connectivity index (χ1n) is 8.55. The van der Waals surface area contributed by atoms with Gasteiger partial charge < -0.3 is 14.2 Å². The summed E-state index contributed by atoms with van der Waals surface area (Å²) >= 11 is 0. The number of aryl methyl sites for hydroxylation is 1. The van der Waals surface area contributed by atoms with Gasteiger partial charge in [0, 0.05) is 23.6 Å². The van der Waals surface area contributed by atoms with Crippen molar-refractivity contribution in [2.75, 3.05) is 5.32 Å². The summed E-state index contributed by atoms with van der Waals surface area (Å²) in [5.41, 5.74) is 1.66. The summed E-state index contributed by atoms with van der Waals surface area (Å²) < 4.78 is 11.3. The molecule has 3 aromatic heterocycles. The molecule has 1 aliphatic carbocycles. The number of nitrogens with one attached hydrogen (secondary N) is 3. The van der Waals surface area contributed by atoms with Crippen molar-refractivity contribution in [1.29, 1.82) is 0 Å². The monoisotopic (exact) mass is 351 g/mol. The van der Waals surface area contributed by atoms with Crippen molar-refractivity contribution in [3.8, 4) is 0 Å². The van der Waals surface area contributed by atoms with Gasteiger partial charge in [0.15, 0.2) is 5.78 Å². The highest BCUT2D eigenvalue weighted by atomic mass is 16.3. The van der Waals surface area contributed by atoms with Gasteiger partial charge in [-0.05, 0) is 37.6 Å². The van der Waals surface area contributed by atoms with Crippen molar-refractivity contribution in [2.24, 2.45) is 0 Å². The molecule has 0 radical (unpaired) electrons. The molecule has 7 heteroatoms. The van der Waals surface area contributed by atoms with Crippen LogP contribution in [0, 0.1) is 6.92 Å². The quantitative estimate of drug-likeness (QED) is 0.658. The number of fused-ring (bicyclic) bond motifs is 1. The maximum atomic E-state index is 13.1. The number of ketones is 1. The molecule has 0 bridgehead atoms. The maximum absolute atomic E-state index is 13.1. The zero-order valence-corrected chi connectivity index (χ0v) is 14.1. The normalized spacial score (nSPS) is 22.1. The fourth-order valence-corrected chi connectivity index (χ4v) is 4.04. The highest BCUT2D eigenvalue weighted by Crippen LogP contribution is 2.46. The van der Waals surface area contributed by atoms with Crippen molar-refractivity contribution < 1.29 is 13.6 Å². The molecule has 1 aliphatic heterocycles. The molecule has 2 aliphatic rings. The van der Waals surface area contributed by atoms with Crippen LogP contribution in [0.1, 0.15) is 47.5 Å². The van der Waals surface area contributed by atoms with Crippen LogP contribution >= 0.6 is 0 Å². The molecule has 26 heavy (non-hydrogen) atoms. The van der Waals surface area contributed by atoms with Gasteiger partial charge in [-0.15, -0.1) is 0 Å². The number of allylic oxidation sites excluding steroid dienone is 2. The Balaban J connectivity index is 1.66. The third-order valence-electron chi connectivity index (χ3n) is 5.17. The molecule has 0 saturated heterocycles. The smallest absolute Gasteiger partial charge is 0.270 e. The van der Waals surface area contributed by atoms with Gasteiger partial charge in [-0.3, -0.25) is 19.8 Å². The van der Waals surface area contributed by atoms with E-state index in [9.17, 15) is 9.59 Å². The zero-order chi connectivity index (χ0) is 17.8. The van der Waals surface area contributed by atoms with E-state index in [2.05, 4.69) is 15.5 Å². The molecule has 0 fully saturated rings. The second-order valence-electron chi connectivity index (χ2n) is 6.81. The molecule has 2 atom stereocenters. The molecule has 7 nitrogen and oxygen atoms in total. The van der Waals surface area contributed by atoms with Gasteiger partial charge in [-0.25, -0.2) is 0 Å². The average Bonchev–Trinajstić information content (AvgIpc) is 3.35. The Morgan fingerprint density at radius 3 is 2.69 bits per heavy atom. The number of carbonyl (C=O) groups excluding carboxylic acids is 1. The molecule has 0 unspecified atom stereocenters. The van der Waals surface area contributed by atoms with E-state index in [0.29, 0.717) is 35.6 Å². The van der Waals surface area contributed by atoms with Crippen LogP contribution < -0.4 is 10.9 Å². The molecule has 3 aromatic rings. The van der Waals surface area contributed by atoms with E-state index in [4.69, 9.17) is 8.83 Å². The summed E-state index contributed by atoms with van der Waals surface area (Å²) in [7, 11) is 0. The van der Waals surface area contributed by atoms with Crippen LogP contribution in [0.25, 0.3) is 0 Å².